The molecule has 17 heteroatoms. The lowest BCUT2D eigenvalue weighted by atomic mass is 10.1. The minimum absolute atomic E-state index is 0.449. The number of rotatable bonds is 7. The Kier molecular flexibility index (Phi) is 7.51. The molecule has 31 heavy (non-hydrogen) atoms. The molecule has 5 atom stereocenters. The number of methoxy groups -OCH3 is 1. The molecule has 2 rings (SSSR count). The molecule has 5 N–H and O–H groups in total. The monoisotopic (exact) mass is 490 g/mol. The zero-order valence-electron chi connectivity index (χ0n) is 16.3. The molecule has 1 fully saturated rings. The summed E-state index contributed by atoms with van der Waals surface area (Å²) >= 11 is 0. The fraction of sp³-hybridized carbons (Fsp3) is 0.714. The van der Waals surface area contributed by atoms with Crippen LogP contribution in [0.25, 0.3) is 0 Å². The first kappa shape index (κ1) is 25.2. The number of carbonyl (C=O) groups excluding carboxylic acids is 2. The van der Waals surface area contributed by atoms with E-state index in [1.807, 2.05) is 0 Å². The number of aliphatic hydroxyl groups is 3. The first-order valence-electron chi connectivity index (χ1n) is 8.56. The molecule has 0 aromatic carbocycles. The topological polar surface area (TPSA) is 229 Å². The number of nitrogens with two attached hydrogens (primary N) is 1. The van der Waals surface area contributed by atoms with Gasteiger partial charge in [0.2, 0.25) is 5.44 Å². The maximum absolute atomic E-state index is 13.1. The Bertz CT molecular complexity index is 961. The molecule has 0 unspecified atom stereocenters. The maximum atomic E-state index is 13.1. The van der Waals surface area contributed by atoms with Crippen LogP contribution in [0.15, 0.2) is 11.5 Å². The Morgan fingerprint density at radius 1 is 1.26 bits per heavy atom. The minimum Gasteiger partial charge on any atom is -0.506 e. The lowest BCUT2D eigenvalue weighted by Crippen LogP contribution is -2.55. The third-order valence-corrected chi connectivity index (χ3v) is 6.97. The van der Waals surface area contributed by atoms with Gasteiger partial charge in [0, 0.05) is 19.9 Å². The van der Waals surface area contributed by atoms with Gasteiger partial charge in [-0.1, -0.05) is 0 Å². The Balaban J connectivity index is 2.38. The Hall–Kier alpha value is -2.02. The van der Waals surface area contributed by atoms with Crippen LogP contribution in [0.2, 0.25) is 0 Å². The van der Waals surface area contributed by atoms with Crippen molar-refractivity contribution in [1.82, 2.24) is 4.31 Å². The van der Waals surface area contributed by atoms with E-state index in [4.69, 9.17) is 9.88 Å². The zero-order chi connectivity index (χ0) is 23.7. The highest BCUT2D eigenvalue weighted by Gasteiger charge is 2.54. The zero-order valence-corrected chi connectivity index (χ0v) is 17.9. The second-order valence-corrected chi connectivity index (χ2v) is 9.75. The highest BCUT2D eigenvalue weighted by molar-refractivity contribution is 7.89. The molecule has 1 saturated heterocycles. The summed E-state index contributed by atoms with van der Waals surface area (Å²) in [5.74, 6) is -3.47. The van der Waals surface area contributed by atoms with Gasteiger partial charge in [-0.15, -0.1) is 0 Å². The molecule has 0 aromatic heterocycles. The van der Waals surface area contributed by atoms with Crippen LogP contribution in [-0.2, 0) is 48.3 Å². The summed E-state index contributed by atoms with van der Waals surface area (Å²) in [5, 5.41) is 34.9. The summed E-state index contributed by atoms with van der Waals surface area (Å²) in [6.07, 6.45) is -6.16. The SMILES string of the molecule is COC(=O)[C@@H]1C[C@@H](OS(N)(=O)=O)CN1S(=O)(=O)[C@@H]1OC(COC(C)=O)=C(O)[C@@H](O)[C@H]1O. The van der Waals surface area contributed by atoms with Crippen molar-refractivity contribution in [2.45, 2.75) is 43.1 Å². The molecule has 0 saturated carbocycles. The molecule has 2 aliphatic heterocycles. The number of esters is 2. The van der Waals surface area contributed by atoms with Crippen molar-refractivity contribution < 1.29 is 60.1 Å². The number of hydrogen-bond donors (Lipinski definition) is 4. The molecule has 0 bridgehead atoms. The third kappa shape index (κ3) is 5.62. The lowest BCUT2D eigenvalue weighted by Gasteiger charge is -2.35. The molecule has 0 aromatic rings. The van der Waals surface area contributed by atoms with E-state index in [2.05, 4.69) is 13.7 Å². The first-order chi connectivity index (χ1) is 14.2. The molecular formula is C14H22N2O13S2. The maximum Gasteiger partial charge on any atom is 0.333 e. The fourth-order valence-corrected chi connectivity index (χ4v) is 5.48. The van der Waals surface area contributed by atoms with E-state index in [0.29, 0.717) is 4.31 Å². The van der Waals surface area contributed by atoms with Crippen molar-refractivity contribution >= 4 is 32.3 Å². The number of hydrogen-bond acceptors (Lipinski definition) is 13. The molecule has 2 heterocycles. The predicted octanol–water partition coefficient (Wildman–Crippen LogP) is -3.44. The summed E-state index contributed by atoms with van der Waals surface area (Å²) in [6.45, 7) is -0.415. The number of nitrogens with zero attached hydrogens (tertiary/aromatic N) is 1. The minimum atomic E-state index is -4.83. The van der Waals surface area contributed by atoms with Crippen molar-refractivity contribution in [3.05, 3.63) is 11.5 Å². The van der Waals surface area contributed by atoms with Gasteiger partial charge in [0.05, 0.1) is 13.2 Å². The van der Waals surface area contributed by atoms with Crippen molar-refractivity contribution in [3.63, 3.8) is 0 Å². The summed E-state index contributed by atoms with van der Waals surface area (Å²) in [5.41, 5.74) is -2.26. The molecular weight excluding hydrogens is 468 g/mol. The standard InChI is InChI=1S/C14H22N2O13S2/c1-6(17)27-5-9-10(18)11(19)12(20)14(28-9)30(22,23)16-4-7(29-31(15,24)25)3-8(16)13(21)26-2/h7-8,11-12,14,18-20H,3-5H2,1-2H3,(H2,15,24,25)/t7-,8+,11-,12-,14+/m1/s1. The Labute approximate surface area is 177 Å². The van der Waals surface area contributed by atoms with Crippen LogP contribution in [0.5, 0.6) is 0 Å². The van der Waals surface area contributed by atoms with Gasteiger partial charge in [-0.2, -0.15) is 12.7 Å². The van der Waals surface area contributed by atoms with E-state index < -0.39 is 93.1 Å². The van der Waals surface area contributed by atoms with Crippen LogP contribution in [0.1, 0.15) is 13.3 Å². The van der Waals surface area contributed by atoms with Gasteiger partial charge in [-0.25, -0.2) is 13.6 Å². The first-order valence-corrected chi connectivity index (χ1v) is 11.5. The average molecular weight is 490 g/mol. The van der Waals surface area contributed by atoms with E-state index in [-0.39, 0.29) is 0 Å². The van der Waals surface area contributed by atoms with Gasteiger partial charge in [0.15, 0.2) is 18.1 Å². The van der Waals surface area contributed by atoms with Gasteiger partial charge in [-0.3, -0.25) is 13.8 Å². The van der Waals surface area contributed by atoms with Crippen molar-refractivity contribution in [1.29, 1.82) is 0 Å². The van der Waals surface area contributed by atoms with Crippen LogP contribution in [0, 0.1) is 0 Å². The molecule has 0 spiro atoms. The van der Waals surface area contributed by atoms with E-state index in [1.54, 1.807) is 0 Å². The van der Waals surface area contributed by atoms with Gasteiger partial charge >= 0.3 is 22.2 Å². The van der Waals surface area contributed by atoms with E-state index in [9.17, 15) is 41.7 Å². The smallest absolute Gasteiger partial charge is 0.333 e. The normalized spacial score (nSPS) is 30.0. The quantitative estimate of drug-likeness (QED) is 0.255. The molecule has 0 amide bonds. The summed E-state index contributed by atoms with van der Waals surface area (Å²) < 4.78 is 68.0. The summed E-state index contributed by atoms with van der Waals surface area (Å²) in [7, 11) is -8.36. The third-order valence-electron chi connectivity index (χ3n) is 4.41. The summed E-state index contributed by atoms with van der Waals surface area (Å²) in [4.78, 5) is 23.1. The van der Waals surface area contributed by atoms with Crippen molar-refractivity contribution in [2.24, 2.45) is 5.14 Å². The number of aliphatic hydroxyl groups excluding tert-OH is 3. The molecule has 0 aliphatic carbocycles. The Morgan fingerprint density at radius 2 is 1.87 bits per heavy atom. The second-order valence-electron chi connectivity index (χ2n) is 6.61. The molecule has 178 valence electrons. The van der Waals surface area contributed by atoms with Crippen molar-refractivity contribution in [2.75, 3.05) is 20.3 Å². The molecule has 2 aliphatic rings. The van der Waals surface area contributed by atoms with Crippen molar-refractivity contribution in [3.8, 4) is 0 Å². The van der Waals surface area contributed by atoms with Crippen LogP contribution < -0.4 is 5.14 Å². The Morgan fingerprint density at radius 3 is 2.39 bits per heavy atom. The summed E-state index contributed by atoms with van der Waals surface area (Å²) in [6, 6.07) is -1.56. The van der Waals surface area contributed by atoms with Gasteiger partial charge in [0.25, 0.3) is 10.0 Å². The van der Waals surface area contributed by atoms with Gasteiger partial charge in [0.1, 0.15) is 18.2 Å². The highest BCUT2D eigenvalue weighted by Crippen LogP contribution is 2.33. The number of sulfonamides is 1. The molecule has 15 nitrogen and oxygen atoms in total. The van der Waals surface area contributed by atoms with E-state index >= 15 is 0 Å². The van der Waals surface area contributed by atoms with Crippen LogP contribution >= 0.6 is 0 Å². The largest absolute Gasteiger partial charge is 0.506 e. The average Bonchev–Trinajstić information content (AvgIpc) is 3.07. The molecule has 0 radical (unpaired) electrons. The highest BCUT2D eigenvalue weighted by atomic mass is 32.2. The van der Waals surface area contributed by atoms with Crippen LogP contribution in [0.4, 0.5) is 0 Å². The van der Waals surface area contributed by atoms with Crippen LogP contribution in [0.3, 0.4) is 0 Å². The predicted molar refractivity (Wildman–Crippen MR) is 97.2 cm³/mol. The van der Waals surface area contributed by atoms with E-state index in [0.717, 1.165) is 14.0 Å². The fourth-order valence-electron chi connectivity index (χ4n) is 3.05. The lowest BCUT2D eigenvalue weighted by molar-refractivity contribution is -0.145. The van der Waals surface area contributed by atoms with Gasteiger partial charge < -0.3 is 29.5 Å². The van der Waals surface area contributed by atoms with Gasteiger partial charge in [-0.05, 0) is 0 Å². The number of carbonyl (C=O) groups is 2. The number of ether oxygens (including phenoxy) is 3. The van der Waals surface area contributed by atoms with E-state index in [1.165, 1.54) is 0 Å². The van der Waals surface area contributed by atoms with Crippen LogP contribution in [-0.4, -0.2) is 98.5 Å². The second kappa shape index (κ2) is 9.23.